The van der Waals surface area contributed by atoms with Crippen molar-refractivity contribution >= 4 is 11.5 Å². The molecule has 1 aliphatic carbocycles. The Morgan fingerprint density at radius 3 is 2.59 bits per heavy atom. The molecule has 1 fully saturated rings. The Morgan fingerprint density at radius 2 is 1.94 bits per heavy atom. The van der Waals surface area contributed by atoms with Gasteiger partial charge in [0.15, 0.2) is 11.6 Å². The maximum absolute atomic E-state index is 13.7. The van der Waals surface area contributed by atoms with Gasteiger partial charge in [0.1, 0.15) is 11.5 Å². The Morgan fingerprint density at radius 1 is 1.29 bits per heavy atom. The van der Waals surface area contributed by atoms with E-state index in [0.717, 1.165) is 25.7 Å². The summed E-state index contributed by atoms with van der Waals surface area (Å²) in [5.74, 6) is -0.750. The number of rotatable bonds is 2. The summed E-state index contributed by atoms with van der Waals surface area (Å²) in [5.41, 5.74) is 5.94. The molecule has 0 unspecified atom stereocenters. The Labute approximate surface area is 99.5 Å². The molecule has 0 amide bonds. The van der Waals surface area contributed by atoms with Crippen molar-refractivity contribution in [3.05, 3.63) is 29.3 Å². The van der Waals surface area contributed by atoms with Crippen LogP contribution in [-0.2, 0) is 0 Å². The van der Waals surface area contributed by atoms with Gasteiger partial charge in [0.25, 0.3) is 0 Å². The van der Waals surface area contributed by atoms with Crippen LogP contribution in [-0.4, -0.2) is 5.84 Å². The van der Waals surface area contributed by atoms with E-state index in [2.05, 4.69) is 4.99 Å². The Kier molecular flexibility index (Phi) is 3.41. The third-order valence-corrected chi connectivity index (χ3v) is 3.27. The molecule has 92 valence electrons. The molecule has 0 heterocycles. The lowest BCUT2D eigenvalue weighted by Gasteiger charge is -2.09. The number of nitrogens with zero attached hydrogens (tertiary/aromatic N) is 1. The summed E-state index contributed by atoms with van der Waals surface area (Å²) in [4.78, 5) is 3.95. The Balaban J connectivity index is 2.34. The molecule has 2 N–H and O–H groups in total. The number of amidine groups is 1. The Bertz CT molecular complexity index is 449. The molecule has 0 aromatic heterocycles. The van der Waals surface area contributed by atoms with Crippen molar-refractivity contribution in [1.29, 1.82) is 0 Å². The van der Waals surface area contributed by atoms with Crippen molar-refractivity contribution in [3.8, 4) is 0 Å². The number of halogens is 2. The van der Waals surface area contributed by atoms with Gasteiger partial charge in [-0.15, -0.1) is 0 Å². The first kappa shape index (κ1) is 12.0. The number of benzene rings is 1. The van der Waals surface area contributed by atoms with Crippen LogP contribution in [0.2, 0.25) is 0 Å². The van der Waals surface area contributed by atoms with Gasteiger partial charge in [0.05, 0.1) is 0 Å². The summed E-state index contributed by atoms with van der Waals surface area (Å²) in [7, 11) is 0. The van der Waals surface area contributed by atoms with Crippen molar-refractivity contribution in [3.63, 3.8) is 0 Å². The lowest BCUT2D eigenvalue weighted by atomic mass is 10.1. The molecule has 0 atom stereocenters. The van der Waals surface area contributed by atoms with Crippen LogP contribution in [0.4, 0.5) is 14.5 Å². The van der Waals surface area contributed by atoms with Gasteiger partial charge in [0.2, 0.25) is 0 Å². The van der Waals surface area contributed by atoms with Gasteiger partial charge >= 0.3 is 0 Å². The molecule has 2 rings (SSSR count). The molecule has 0 bridgehead atoms. The highest BCUT2D eigenvalue weighted by Gasteiger charge is 2.20. The zero-order chi connectivity index (χ0) is 12.4. The van der Waals surface area contributed by atoms with E-state index in [1.807, 2.05) is 0 Å². The second-order valence-corrected chi connectivity index (χ2v) is 4.54. The van der Waals surface area contributed by atoms with E-state index in [0.29, 0.717) is 11.4 Å². The normalized spacial score (nSPS) is 17.7. The van der Waals surface area contributed by atoms with Crippen LogP contribution >= 0.6 is 0 Å². The first-order valence-electron chi connectivity index (χ1n) is 5.88. The number of aliphatic imine (C=N–C) groups is 1. The molecule has 2 nitrogen and oxygen atoms in total. The average Bonchev–Trinajstić information content (AvgIpc) is 2.83. The molecular weight excluding hydrogens is 222 g/mol. The molecule has 1 aromatic carbocycles. The quantitative estimate of drug-likeness (QED) is 0.622. The van der Waals surface area contributed by atoms with E-state index in [9.17, 15) is 8.78 Å². The molecule has 1 aliphatic rings. The average molecular weight is 238 g/mol. The van der Waals surface area contributed by atoms with Crippen LogP contribution in [0.3, 0.4) is 0 Å². The molecule has 0 saturated heterocycles. The van der Waals surface area contributed by atoms with E-state index in [1.54, 1.807) is 6.92 Å². The lowest BCUT2D eigenvalue weighted by Crippen LogP contribution is -2.21. The summed E-state index contributed by atoms with van der Waals surface area (Å²) in [6.45, 7) is 1.58. The number of aryl methyl sites for hydroxylation is 1. The SMILES string of the molecule is Cc1ccc(F)c(N=C(N)C2CCCC2)c1F. The smallest absolute Gasteiger partial charge is 0.154 e. The zero-order valence-electron chi connectivity index (χ0n) is 9.84. The highest BCUT2D eigenvalue weighted by Crippen LogP contribution is 2.29. The number of hydrogen-bond acceptors (Lipinski definition) is 1. The first-order chi connectivity index (χ1) is 8.09. The van der Waals surface area contributed by atoms with Crippen molar-refractivity contribution in [1.82, 2.24) is 0 Å². The Hall–Kier alpha value is -1.45. The molecular formula is C13H16F2N2. The fourth-order valence-corrected chi connectivity index (χ4v) is 2.19. The van der Waals surface area contributed by atoms with Crippen LogP contribution in [0.25, 0.3) is 0 Å². The first-order valence-corrected chi connectivity index (χ1v) is 5.88. The molecule has 0 radical (unpaired) electrons. The fraction of sp³-hybridized carbons (Fsp3) is 0.462. The summed E-state index contributed by atoms with van der Waals surface area (Å²) in [6.07, 6.45) is 4.15. The van der Waals surface area contributed by atoms with Crippen molar-refractivity contribution < 1.29 is 8.78 Å². The summed E-state index contributed by atoms with van der Waals surface area (Å²) >= 11 is 0. The lowest BCUT2D eigenvalue weighted by molar-refractivity contribution is 0.580. The molecule has 0 aliphatic heterocycles. The van der Waals surface area contributed by atoms with E-state index in [1.165, 1.54) is 12.1 Å². The molecule has 1 saturated carbocycles. The second-order valence-electron chi connectivity index (χ2n) is 4.54. The van der Waals surface area contributed by atoms with Crippen molar-refractivity contribution in [2.45, 2.75) is 32.6 Å². The standard InChI is InChI=1S/C13H16F2N2/c1-8-6-7-10(14)12(11(8)15)17-13(16)9-4-2-3-5-9/h6-7,9H,2-5H2,1H3,(H2,16,17). The van der Waals surface area contributed by atoms with E-state index >= 15 is 0 Å². The van der Waals surface area contributed by atoms with Gasteiger partial charge in [-0.05, 0) is 31.4 Å². The van der Waals surface area contributed by atoms with Gasteiger partial charge in [0, 0.05) is 5.92 Å². The summed E-state index contributed by atoms with van der Waals surface area (Å²) in [6, 6.07) is 2.62. The maximum Gasteiger partial charge on any atom is 0.154 e. The minimum Gasteiger partial charge on any atom is -0.387 e. The molecule has 17 heavy (non-hydrogen) atoms. The van der Waals surface area contributed by atoms with Gasteiger partial charge in [-0.25, -0.2) is 13.8 Å². The predicted molar refractivity (Wildman–Crippen MR) is 64.3 cm³/mol. The minimum absolute atomic E-state index is 0.175. The van der Waals surface area contributed by atoms with Gasteiger partial charge in [-0.1, -0.05) is 18.9 Å². The molecule has 4 heteroatoms. The molecule has 0 spiro atoms. The highest BCUT2D eigenvalue weighted by atomic mass is 19.1. The van der Waals surface area contributed by atoms with Crippen LogP contribution in [0.1, 0.15) is 31.2 Å². The predicted octanol–water partition coefficient (Wildman–Crippen LogP) is 3.45. The van der Waals surface area contributed by atoms with Gasteiger partial charge in [-0.3, -0.25) is 0 Å². The van der Waals surface area contributed by atoms with Crippen LogP contribution in [0.5, 0.6) is 0 Å². The minimum atomic E-state index is -0.658. The highest BCUT2D eigenvalue weighted by molar-refractivity contribution is 5.85. The van der Waals surface area contributed by atoms with E-state index in [-0.39, 0.29) is 11.6 Å². The van der Waals surface area contributed by atoms with Gasteiger partial charge in [-0.2, -0.15) is 0 Å². The van der Waals surface area contributed by atoms with Crippen LogP contribution in [0.15, 0.2) is 17.1 Å². The number of nitrogens with two attached hydrogens (primary N) is 1. The van der Waals surface area contributed by atoms with Crippen molar-refractivity contribution in [2.75, 3.05) is 0 Å². The van der Waals surface area contributed by atoms with Crippen LogP contribution < -0.4 is 5.73 Å². The monoisotopic (exact) mass is 238 g/mol. The van der Waals surface area contributed by atoms with Crippen LogP contribution in [0, 0.1) is 24.5 Å². The van der Waals surface area contributed by atoms with Gasteiger partial charge < -0.3 is 5.73 Å². The summed E-state index contributed by atoms with van der Waals surface area (Å²) < 4.78 is 27.2. The second kappa shape index (κ2) is 4.82. The fourth-order valence-electron chi connectivity index (χ4n) is 2.19. The maximum atomic E-state index is 13.7. The summed E-state index contributed by atoms with van der Waals surface area (Å²) in [5, 5.41) is 0. The topological polar surface area (TPSA) is 38.4 Å². The third kappa shape index (κ3) is 2.46. The third-order valence-electron chi connectivity index (χ3n) is 3.27. The molecule has 1 aromatic rings. The van der Waals surface area contributed by atoms with Crippen molar-refractivity contribution in [2.24, 2.45) is 16.6 Å². The largest absolute Gasteiger partial charge is 0.387 e. The zero-order valence-corrected chi connectivity index (χ0v) is 9.84. The number of hydrogen-bond donors (Lipinski definition) is 1. The van der Waals surface area contributed by atoms with E-state index in [4.69, 9.17) is 5.73 Å². The van der Waals surface area contributed by atoms with E-state index < -0.39 is 11.6 Å².